The van der Waals surface area contributed by atoms with Crippen molar-refractivity contribution in [3.63, 3.8) is 0 Å². The Morgan fingerprint density at radius 1 is 1.86 bits per heavy atom. The Morgan fingerprint density at radius 3 is 2.29 bits per heavy atom. The van der Waals surface area contributed by atoms with E-state index in [1.54, 1.807) is 0 Å². The molecule has 0 bridgehead atoms. The Kier molecular flexibility index (Phi) is 2.19. The van der Waals surface area contributed by atoms with Gasteiger partial charge in [0.05, 0.1) is 0 Å². The van der Waals surface area contributed by atoms with Gasteiger partial charge in [0.1, 0.15) is 0 Å². The van der Waals surface area contributed by atoms with Crippen molar-refractivity contribution in [3.05, 3.63) is 0 Å². The molecule has 44 valence electrons. The second-order valence-electron chi connectivity index (χ2n) is 1.25. The minimum Gasteiger partial charge on any atom is -0.340 e. The molecule has 0 amide bonds. The van der Waals surface area contributed by atoms with Gasteiger partial charge in [-0.3, -0.25) is 0 Å². The predicted octanol–water partition coefficient (Wildman–Crippen LogP) is 0.658. The Morgan fingerprint density at radius 2 is 2.29 bits per heavy atom. The van der Waals surface area contributed by atoms with Crippen molar-refractivity contribution in [2.75, 3.05) is 7.11 Å². The van der Waals surface area contributed by atoms with Gasteiger partial charge in [-0.25, -0.2) is 0 Å². The molecule has 0 rings (SSSR count). The number of halogens is 1. The first-order valence-electron chi connectivity index (χ1n) is 2.09. The summed E-state index contributed by atoms with van der Waals surface area (Å²) in [6.45, 7) is 1.49. The molecule has 0 aromatic carbocycles. The fourth-order valence-electron chi connectivity index (χ4n) is 0.144. The molecule has 0 spiro atoms. The number of ether oxygens (including phenoxy) is 1. The second-order valence-corrected chi connectivity index (χ2v) is 1.25. The number of hydrogen-bond acceptors (Lipinski definition) is 2. The van der Waals surface area contributed by atoms with Crippen LogP contribution >= 0.6 is 0 Å². The monoisotopic (exact) mass is 108 g/mol. The van der Waals surface area contributed by atoms with E-state index >= 15 is 0 Å². The van der Waals surface area contributed by atoms with E-state index < -0.39 is 6.04 Å². The second kappa shape index (κ2) is 2.23. The molecule has 0 radical (unpaired) electrons. The normalized spacial score (nSPS) is 18.9. The van der Waals surface area contributed by atoms with Gasteiger partial charge in [0.15, 0.2) is 0 Å². The number of methoxy groups -OCH3 is 1. The molecule has 0 aliphatic heterocycles. The summed E-state index contributed by atoms with van der Waals surface area (Å²) in [4.78, 5) is 0. The highest BCUT2D eigenvalue weighted by Crippen LogP contribution is 2.09. The average molecular weight is 108 g/mol. The largest absolute Gasteiger partial charge is 0.340 e. The highest BCUT2D eigenvalue weighted by atomic mass is 19.2. The molecular weight excluding hydrogens is 99.0 g/mol. The average Bonchev–Trinajstić information content (AvgIpc) is 1.68. The molecule has 1 atom stereocenters. The smallest absolute Gasteiger partial charge is 0.317 e. The van der Waals surface area contributed by atoms with Gasteiger partial charge in [0, 0.05) is 13.5 Å². The van der Waals surface area contributed by atoms with Crippen molar-refractivity contribution in [1.29, 1.82) is 0 Å². The van der Waals surface area contributed by atoms with E-state index in [2.05, 4.69) is 4.74 Å². The summed E-state index contributed by atoms with van der Waals surface area (Å²) >= 11 is 0. The summed E-state index contributed by atoms with van der Waals surface area (Å²) in [5, 5.41) is 8.24. The van der Waals surface area contributed by atoms with Crippen LogP contribution in [-0.4, -0.2) is 18.3 Å². The van der Waals surface area contributed by atoms with Crippen LogP contribution in [0.1, 0.15) is 13.3 Å². The van der Waals surface area contributed by atoms with E-state index in [4.69, 9.17) is 5.11 Å². The number of hydrogen-bond donors (Lipinski definition) is 1. The van der Waals surface area contributed by atoms with Crippen molar-refractivity contribution >= 4 is 0 Å². The van der Waals surface area contributed by atoms with Crippen LogP contribution < -0.4 is 0 Å². The zero-order valence-electron chi connectivity index (χ0n) is 4.44. The fourth-order valence-corrected chi connectivity index (χ4v) is 0.144. The lowest BCUT2D eigenvalue weighted by Crippen LogP contribution is -2.22. The SMILES string of the molecule is CCC(O)(F)OC. The lowest BCUT2D eigenvalue weighted by molar-refractivity contribution is -0.277. The highest BCUT2D eigenvalue weighted by molar-refractivity contribution is 4.41. The quantitative estimate of drug-likeness (QED) is 0.526. The lowest BCUT2D eigenvalue weighted by atomic mass is 10.4. The van der Waals surface area contributed by atoms with Gasteiger partial charge in [-0.2, -0.15) is 4.39 Å². The third kappa shape index (κ3) is 2.53. The number of aliphatic hydroxyl groups is 1. The minimum absolute atomic E-state index is 0.0382. The number of alkyl halides is 1. The maximum atomic E-state index is 11.9. The van der Waals surface area contributed by atoms with E-state index in [0.717, 1.165) is 7.11 Å². The van der Waals surface area contributed by atoms with Gasteiger partial charge in [0.2, 0.25) is 0 Å². The third-order valence-corrected chi connectivity index (χ3v) is 0.749. The molecular formula is C4H9FO2. The van der Waals surface area contributed by atoms with Crippen molar-refractivity contribution in [1.82, 2.24) is 0 Å². The van der Waals surface area contributed by atoms with Crippen LogP contribution in [0.2, 0.25) is 0 Å². The summed E-state index contributed by atoms with van der Waals surface area (Å²) in [6, 6.07) is -2.42. The third-order valence-electron chi connectivity index (χ3n) is 0.749. The van der Waals surface area contributed by atoms with E-state index in [9.17, 15) is 4.39 Å². The maximum Gasteiger partial charge on any atom is 0.317 e. The Hall–Kier alpha value is -0.150. The molecule has 0 fully saturated rings. The van der Waals surface area contributed by atoms with Crippen LogP contribution in [0.3, 0.4) is 0 Å². The van der Waals surface area contributed by atoms with Gasteiger partial charge < -0.3 is 9.84 Å². The van der Waals surface area contributed by atoms with Crippen molar-refractivity contribution < 1.29 is 14.2 Å². The van der Waals surface area contributed by atoms with E-state index in [1.165, 1.54) is 6.92 Å². The Balaban J connectivity index is 3.36. The van der Waals surface area contributed by atoms with Crippen molar-refractivity contribution in [3.8, 4) is 0 Å². The zero-order valence-corrected chi connectivity index (χ0v) is 4.44. The topological polar surface area (TPSA) is 29.5 Å². The first kappa shape index (κ1) is 6.85. The predicted molar refractivity (Wildman–Crippen MR) is 23.4 cm³/mol. The van der Waals surface area contributed by atoms with Crippen LogP contribution in [-0.2, 0) is 4.74 Å². The molecule has 0 aromatic rings. The summed E-state index contributed by atoms with van der Waals surface area (Å²) < 4.78 is 15.9. The van der Waals surface area contributed by atoms with Crippen LogP contribution in [0, 0.1) is 0 Å². The number of rotatable bonds is 2. The van der Waals surface area contributed by atoms with Crippen molar-refractivity contribution in [2.24, 2.45) is 0 Å². The zero-order chi connectivity index (χ0) is 5.91. The fraction of sp³-hybridized carbons (Fsp3) is 1.00. The molecule has 0 saturated carbocycles. The molecule has 1 N–H and O–H groups in total. The van der Waals surface area contributed by atoms with Crippen molar-refractivity contribution in [2.45, 2.75) is 19.4 Å². The molecule has 1 unspecified atom stereocenters. The molecule has 7 heavy (non-hydrogen) atoms. The van der Waals surface area contributed by atoms with Gasteiger partial charge in [0.25, 0.3) is 0 Å². The summed E-state index contributed by atoms with van der Waals surface area (Å²) in [7, 11) is 1.11. The molecule has 0 aromatic heterocycles. The summed E-state index contributed by atoms with van der Waals surface area (Å²) in [5.74, 6) is 0. The van der Waals surface area contributed by atoms with Gasteiger partial charge >= 0.3 is 6.04 Å². The van der Waals surface area contributed by atoms with Crippen LogP contribution in [0.5, 0.6) is 0 Å². The summed E-state index contributed by atoms with van der Waals surface area (Å²) in [5.41, 5.74) is 0. The lowest BCUT2D eigenvalue weighted by Gasteiger charge is -2.12. The van der Waals surface area contributed by atoms with E-state index in [0.29, 0.717) is 0 Å². The van der Waals surface area contributed by atoms with Crippen LogP contribution in [0.4, 0.5) is 4.39 Å². The van der Waals surface area contributed by atoms with Gasteiger partial charge in [-0.1, -0.05) is 6.92 Å². The van der Waals surface area contributed by atoms with E-state index in [1.807, 2.05) is 0 Å². The molecule has 0 saturated heterocycles. The van der Waals surface area contributed by atoms with Gasteiger partial charge in [-0.05, 0) is 0 Å². The van der Waals surface area contributed by atoms with Gasteiger partial charge in [-0.15, -0.1) is 0 Å². The molecule has 2 nitrogen and oxygen atoms in total. The molecule has 3 heteroatoms. The molecule has 0 heterocycles. The standard InChI is InChI=1S/C4H9FO2/c1-3-4(5,6)7-2/h6H,3H2,1-2H3. The highest BCUT2D eigenvalue weighted by Gasteiger charge is 2.20. The van der Waals surface area contributed by atoms with E-state index in [-0.39, 0.29) is 6.42 Å². The Bertz CT molecular complexity index is 47.7. The summed E-state index contributed by atoms with van der Waals surface area (Å²) in [6.07, 6.45) is -0.0382. The first-order chi connectivity index (χ1) is 3.12. The minimum atomic E-state index is -2.42. The molecule has 0 aliphatic carbocycles. The van der Waals surface area contributed by atoms with Crippen LogP contribution in [0.15, 0.2) is 0 Å². The maximum absolute atomic E-state index is 11.9. The van der Waals surface area contributed by atoms with Crippen LogP contribution in [0.25, 0.3) is 0 Å². The molecule has 0 aliphatic rings. The Labute approximate surface area is 41.9 Å². The first-order valence-corrected chi connectivity index (χ1v) is 2.09.